The Bertz CT molecular complexity index is 1030. The lowest BCUT2D eigenvalue weighted by Gasteiger charge is -2.08. The summed E-state index contributed by atoms with van der Waals surface area (Å²) in [5.41, 5.74) is 10.0. The van der Waals surface area contributed by atoms with Crippen molar-refractivity contribution in [2.24, 2.45) is 0 Å². The zero-order chi connectivity index (χ0) is 17.9. The number of nitrogens with zero attached hydrogens (tertiary/aromatic N) is 4. The first-order valence-corrected chi connectivity index (χ1v) is 8.14. The number of hydrogen-bond donors (Lipinski definition) is 1. The molecule has 4 aromatic rings. The number of benzene rings is 2. The minimum absolute atomic E-state index is 0.182. The summed E-state index contributed by atoms with van der Waals surface area (Å²) in [4.78, 5) is 8.47. The Balaban J connectivity index is 1.71. The van der Waals surface area contributed by atoms with Gasteiger partial charge in [0, 0.05) is 23.5 Å². The van der Waals surface area contributed by atoms with Gasteiger partial charge in [-0.05, 0) is 23.3 Å². The Kier molecular flexibility index (Phi) is 4.15. The topological polar surface area (TPSA) is 69.6 Å². The molecule has 4 rings (SSSR count). The molecule has 0 amide bonds. The maximum Gasteiger partial charge on any atom is 0.220 e. The van der Waals surface area contributed by atoms with Crippen LogP contribution in [-0.2, 0) is 6.54 Å². The molecule has 0 spiro atoms. The number of nitrogens with two attached hydrogens (primary N) is 1. The molecule has 6 heteroatoms. The van der Waals surface area contributed by atoms with E-state index in [1.807, 2.05) is 41.2 Å². The van der Waals surface area contributed by atoms with Crippen LogP contribution in [0.1, 0.15) is 5.56 Å². The Morgan fingerprint density at radius 3 is 2.46 bits per heavy atom. The summed E-state index contributed by atoms with van der Waals surface area (Å²) in [5, 5.41) is 4.42. The average molecular weight is 345 g/mol. The molecule has 0 atom stereocenters. The van der Waals surface area contributed by atoms with Gasteiger partial charge in [-0.2, -0.15) is 5.10 Å². The zero-order valence-corrected chi connectivity index (χ0v) is 13.9. The lowest BCUT2D eigenvalue weighted by atomic mass is 10.0. The summed E-state index contributed by atoms with van der Waals surface area (Å²) in [6, 6.07) is 16.3. The third-order valence-corrected chi connectivity index (χ3v) is 4.06. The molecule has 26 heavy (non-hydrogen) atoms. The van der Waals surface area contributed by atoms with Gasteiger partial charge in [-0.15, -0.1) is 0 Å². The van der Waals surface area contributed by atoms with Crippen LogP contribution in [0.15, 0.2) is 73.2 Å². The van der Waals surface area contributed by atoms with Crippen molar-refractivity contribution >= 4 is 5.95 Å². The summed E-state index contributed by atoms with van der Waals surface area (Å²) in [7, 11) is 0. The molecule has 2 aromatic carbocycles. The molecule has 2 aromatic heterocycles. The van der Waals surface area contributed by atoms with Gasteiger partial charge in [-0.1, -0.05) is 42.5 Å². The average Bonchev–Trinajstić information content (AvgIpc) is 3.12. The summed E-state index contributed by atoms with van der Waals surface area (Å²) in [6.45, 7) is 0.660. The first kappa shape index (κ1) is 16.0. The van der Waals surface area contributed by atoms with Gasteiger partial charge in [0.15, 0.2) is 0 Å². The van der Waals surface area contributed by atoms with Gasteiger partial charge < -0.3 is 5.73 Å². The van der Waals surface area contributed by atoms with E-state index in [9.17, 15) is 4.39 Å². The number of nitrogen functional groups attached to an aromatic ring is 1. The van der Waals surface area contributed by atoms with Gasteiger partial charge >= 0.3 is 0 Å². The molecule has 0 radical (unpaired) electrons. The van der Waals surface area contributed by atoms with Gasteiger partial charge in [0.2, 0.25) is 5.95 Å². The second kappa shape index (κ2) is 6.76. The standard InChI is InChI=1S/C20H16FN5/c21-17-8-6-15(7-9-17)18-11-23-20(22)25-19(18)16-10-24-26(13-16)12-14-4-2-1-3-5-14/h1-11,13H,12H2,(H2,22,23,25). The second-order valence-corrected chi connectivity index (χ2v) is 5.91. The molecule has 2 heterocycles. The second-order valence-electron chi connectivity index (χ2n) is 5.91. The fraction of sp³-hybridized carbons (Fsp3) is 0.0500. The lowest BCUT2D eigenvalue weighted by Crippen LogP contribution is -2.00. The van der Waals surface area contributed by atoms with Crippen LogP contribution >= 0.6 is 0 Å². The Morgan fingerprint density at radius 1 is 0.923 bits per heavy atom. The molecule has 0 saturated carbocycles. The normalized spacial score (nSPS) is 10.8. The van der Waals surface area contributed by atoms with Crippen LogP contribution in [0.5, 0.6) is 0 Å². The third kappa shape index (κ3) is 3.30. The van der Waals surface area contributed by atoms with E-state index in [4.69, 9.17) is 5.73 Å². The lowest BCUT2D eigenvalue weighted by molar-refractivity contribution is 0.628. The number of hydrogen-bond acceptors (Lipinski definition) is 4. The van der Waals surface area contributed by atoms with Gasteiger partial charge in [0.05, 0.1) is 18.4 Å². The molecule has 0 bridgehead atoms. The van der Waals surface area contributed by atoms with Crippen LogP contribution in [-0.4, -0.2) is 19.7 Å². The van der Waals surface area contributed by atoms with Gasteiger partial charge in [0.1, 0.15) is 5.82 Å². The van der Waals surface area contributed by atoms with Crippen LogP contribution in [0.2, 0.25) is 0 Å². The van der Waals surface area contributed by atoms with E-state index >= 15 is 0 Å². The van der Waals surface area contributed by atoms with E-state index in [1.165, 1.54) is 12.1 Å². The fourth-order valence-electron chi connectivity index (χ4n) is 2.80. The van der Waals surface area contributed by atoms with Crippen LogP contribution < -0.4 is 5.73 Å². The van der Waals surface area contributed by atoms with E-state index in [-0.39, 0.29) is 11.8 Å². The molecule has 0 fully saturated rings. The molecule has 0 aliphatic heterocycles. The SMILES string of the molecule is Nc1ncc(-c2ccc(F)cc2)c(-c2cnn(Cc3ccccc3)c2)n1. The summed E-state index contributed by atoms with van der Waals surface area (Å²) in [5.74, 6) is -0.107. The van der Waals surface area contributed by atoms with Crippen molar-refractivity contribution in [3.05, 3.63) is 84.6 Å². The van der Waals surface area contributed by atoms with Gasteiger partial charge in [-0.25, -0.2) is 14.4 Å². The smallest absolute Gasteiger partial charge is 0.220 e. The molecule has 0 saturated heterocycles. The van der Waals surface area contributed by atoms with Gasteiger partial charge in [0.25, 0.3) is 0 Å². The van der Waals surface area contributed by atoms with Crippen molar-refractivity contribution in [2.75, 3.05) is 5.73 Å². The highest BCUT2D eigenvalue weighted by Gasteiger charge is 2.13. The zero-order valence-electron chi connectivity index (χ0n) is 13.9. The molecule has 2 N–H and O–H groups in total. The van der Waals surface area contributed by atoms with Crippen LogP contribution in [0.4, 0.5) is 10.3 Å². The van der Waals surface area contributed by atoms with E-state index in [0.29, 0.717) is 12.2 Å². The van der Waals surface area contributed by atoms with Crippen molar-refractivity contribution in [1.29, 1.82) is 0 Å². The van der Waals surface area contributed by atoms with Gasteiger partial charge in [-0.3, -0.25) is 4.68 Å². The fourth-order valence-corrected chi connectivity index (χ4v) is 2.80. The largest absolute Gasteiger partial charge is 0.368 e. The quantitative estimate of drug-likeness (QED) is 0.611. The maximum atomic E-state index is 13.2. The van der Waals surface area contributed by atoms with Crippen LogP contribution in [0.3, 0.4) is 0 Å². The van der Waals surface area contributed by atoms with Crippen molar-refractivity contribution in [3.63, 3.8) is 0 Å². The maximum absolute atomic E-state index is 13.2. The van der Waals surface area contributed by atoms with Crippen molar-refractivity contribution < 1.29 is 4.39 Å². The van der Waals surface area contributed by atoms with E-state index in [2.05, 4.69) is 15.1 Å². The molecular formula is C20H16FN5. The number of aromatic nitrogens is 4. The highest BCUT2D eigenvalue weighted by molar-refractivity contribution is 5.80. The highest BCUT2D eigenvalue weighted by atomic mass is 19.1. The van der Waals surface area contributed by atoms with Crippen LogP contribution in [0, 0.1) is 5.82 Å². The first-order chi connectivity index (χ1) is 12.7. The summed E-state index contributed by atoms with van der Waals surface area (Å²) >= 11 is 0. The van der Waals surface area contributed by atoms with Crippen molar-refractivity contribution in [3.8, 4) is 22.4 Å². The number of anilines is 1. The van der Waals surface area contributed by atoms with E-state index in [0.717, 1.165) is 22.3 Å². The minimum Gasteiger partial charge on any atom is -0.368 e. The third-order valence-electron chi connectivity index (χ3n) is 4.06. The van der Waals surface area contributed by atoms with E-state index in [1.54, 1.807) is 24.5 Å². The predicted molar refractivity (Wildman–Crippen MR) is 98.6 cm³/mol. The highest BCUT2D eigenvalue weighted by Crippen LogP contribution is 2.30. The summed E-state index contributed by atoms with van der Waals surface area (Å²) < 4.78 is 15.1. The molecule has 0 aliphatic carbocycles. The molecular weight excluding hydrogens is 329 g/mol. The Labute approximate surface area is 150 Å². The van der Waals surface area contributed by atoms with Crippen molar-refractivity contribution in [1.82, 2.24) is 19.7 Å². The number of halogens is 1. The predicted octanol–water partition coefficient (Wildman–Crippen LogP) is 3.78. The Morgan fingerprint density at radius 2 is 1.69 bits per heavy atom. The molecule has 5 nitrogen and oxygen atoms in total. The Hall–Kier alpha value is -3.54. The van der Waals surface area contributed by atoms with Crippen molar-refractivity contribution in [2.45, 2.75) is 6.54 Å². The number of rotatable bonds is 4. The van der Waals surface area contributed by atoms with E-state index < -0.39 is 0 Å². The minimum atomic E-state index is -0.289. The molecule has 0 unspecified atom stereocenters. The monoisotopic (exact) mass is 345 g/mol. The molecule has 128 valence electrons. The van der Waals surface area contributed by atoms with Crippen LogP contribution in [0.25, 0.3) is 22.4 Å². The summed E-state index contributed by atoms with van der Waals surface area (Å²) in [6.07, 6.45) is 5.32. The molecule has 0 aliphatic rings. The first-order valence-electron chi connectivity index (χ1n) is 8.14.